The predicted molar refractivity (Wildman–Crippen MR) is 106 cm³/mol. The molecule has 3 nitrogen and oxygen atoms in total. The lowest BCUT2D eigenvalue weighted by Gasteiger charge is -2.12. The van der Waals surface area contributed by atoms with E-state index in [0.717, 1.165) is 28.1 Å². The van der Waals surface area contributed by atoms with Gasteiger partial charge in [0.25, 0.3) is 0 Å². The molecule has 2 unspecified atom stereocenters. The predicted octanol–water partition coefficient (Wildman–Crippen LogP) is 5.95. The Morgan fingerprint density at radius 1 is 1.07 bits per heavy atom. The van der Waals surface area contributed by atoms with E-state index in [-0.39, 0.29) is 6.42 Å². The first-order chi connectivity index (χ1) is 13.1. The first kappa shape index (κ1) is 20.7. The van der Waals surface area contributed by atoms with Gasteiger partial charge in [-0.3, -0.25) is 0 Å². The number of hydrogen-bond donors (Lipinski definition) is 1. The van der Waals surface area contributed by atoms with Crippen LogP contribution in [0.1, 0.15) is 32.6 Å². The Hall–Kier alpha value is -2.03. The van der Waals surface area contributed by atoms with Gasteiger partial charge in [0.2, 0.25) is 0 Å². The maximum atomic E-state index is 12.7. The van der Waals surface area contributed by atoms with Gasteiger partial charge in [0.15, 0.2) is 11.1 Å². The van der Waals surface area contributed by atoms with Crippen LogP contribution in [0.3, 0.4) is 0 Å². The molecule has 3 aromatic rings. The second kappa shape index (κ2) is 8.14. The van der Waals surface area contributed by atoms with E-state index >= 15 is 0 Å². The zero-order valence-corrected chi connectivity index (χ0v) is 16.8. The van der Waals surface area contributed by atoms with E-state index in [1.165, 1.54) is 23.5 Å². The molecule has 1 aromatic heterocycles. The third-order valence-corrected chi connectivity index (χ3v) is 6.52. The van der Waals surface area contributed by atoms with Crippen LogP contribution in [-0.4, -0.2) is 13.7 Å². The minimum Gasteiger partial charge on any atom is -0.306 e. The highest BCUT2D eigenvalue weighted by Gasteiger charge is 2.30. The van der Waals surface area contributed by atoms with Crippen molar-refractivity contribution >= 4 is 22.4 Å². The molecule has 148 valence electrons. The number of benzene rings is 2. The molecule has 8 heteroatoms. The summed E-state index contributed by atoms with van der Waals surface area (Å²) < 4.78 is 59.8. The van der Waals surface area contributed by atoms with Gasteiger partial charge >= 0.3 is 6.18 Å². The van der Waals surface area contributed by atoms with Crippen molar-refractivity contribution in [1.29, 1.82) is 0 Å². The molecule has 1 N–H and O–H groups in total. The molecule has 2 atom stereocenters. The van der Waals surface area contributed by atoms with Crippen LogP contribution in [0.4, 0.5) is 13.2 Å². The number of halogens is 3. The summed E-state index contributed by atoms with van der Waals surface area (Å²) in [7, 11) is 0. The SMILES string of the molecule is Cc1ccc(C(Cc2nc(C)c(-c3ccc(C(F)(F)F)cc3)s2)S(=O)O)cc1. The van der Waals surface area contributed by atoms with Gasteiger partial charge in [-0.05, 0) is 37.1 Å². The molecule has 2 aromatic carbocycles. The number of rotatable bonds is 5. The van der Waals surface area contributed by atoms with Crippen molar-refractivity contribution in [2.75, 3.05) is 0 Å². The first-order valence-corrected chi connectivity index (χ1v) is 10.4. The summed E-state index contributed by atoms with van der Waals surface area (Å²) in [5.41, 5.74) is 2.43. The van der Waals surface area contributed by atoms with Crippen molar-refractivity contribution in [3.63, 3.8) is 0 Å². The van der Waals surface area contributed by atoms with Crippen LogP contribution in [0.25, 0.3) is 10.4 Å². The van der Waals surface area contributed by atoms with Crippen LogP contribution in [0, 0.1) is 13.8 Å². The van der Waals surface area contributed by atoms with E-state index in [1.54, 1.807) is 6.92 Å². The third kappa shape index (κ3) is 4.68. The van der Waals surface area contributed by atoms with Gasteiger partial charge < -0.3 is 4.55 Å². The number of alkyl halides is 3. The van der Waals surface area contributed by atoms with Crippen molar-refractivity contribution in [3.05, 3.63) is 75.9 Å². The molecule has 0 saturated carbocycles. The van der Waals surface area contributed by atoms with Gasteiger partial charge in [-0.2, -0.15) is 13.2 Å². The van der Waals surface area contributed by atoms with E-state index in [4.69, 9.17) is 0 Å². The maximum Gasteiger partial charge on any atom is 0.416 e. The van der Waals surface area contributed by atoms with E-state index in [2.05, 4.69) is 4.98 Å². The van der Waals surface area contributed by atoms with Crippen LogP contribution in [0.15, 0.2) is 48.5 Å². The summed E-state index contributed by atoms with van der Waals surface area (Å²) in [6.45, 7) is 3.72. The molecule has 0 radical (unpaired) electrons. The van der Waals surface area contributed by atoms with E-state index in [9.17, 15) is 21.9 Å². The fourth-order valence-electron chi connectivity index (χ4n) is 2.86. The second-order valence-electron chi connectivity index (χ2n) is 6.48. The molecule has 0 aliphatic carbocycles. The number of thiazole rings is 1. The van der Waals surface area contributed by atoms with Crippen LogP contribution in [0.2, 0.25) is 0 Å². The topological polar surface area (TPSA) is 50.2 Å². The standard InChI is InChI=1S/C20H18F3NO2S2/c1-12-3-5-14(6-4-12)17(28(25)26)11-18-24-13(2)19(27-18)15-7-9-16(10-8-15)20(21,22)23/h3-10,17H,11H2,1-2H3,(H,25,26). The normalized spacial score (nSPS) is 14.1. The van der Waals surface area contributed by atoms with Gasteiger partial charge in [-0.15, -0.1) is 11.3 Å². The average molecular weight is 425 g/mol. The van der Waals surface area contributed by atoms with E-state index in [0.29, 0.717) is 16.3 Å². The molecule has 3 rings (SSSR count). The Balaban J connectivity index is 1.86. The highest BCUT2D eigenvalue weighted by molar-refractivity contribution is 7.79. The van der Waals surface area contributed by atoms with Gasteiger partial charge in [-0.25, -0.2) is 9.19 Å². The molecular weight excluding hydrogens is 407 g/mol. The highest BCUT2D eigenvalue weighted by Crippen LogP contribution is 2.35. The fourth-order valence-corrected chi connectivity index (χ4v) is 4.77. The summed E-state index contributed by atoms with van der Waals surface area (Å²) in [6, 6.07) is 12.4. The average Bonchev–Trinajstić information content (AvgIpc) is 3.00. The Morgan fingerprint density at radius 2 is 1.68 bits per heavy atom. The molecule has 0 fully saturated rings. The first-order valence-electron chi connectivity index (χ1n) is 8.45. The van der Waals surface area contributed by atoms with Crippen LogP contribution < -0.4 is 0 Å². The lowest BCUT2D eigenvalue weighted by Crippen LogP contribution is -2.09. The summed E-state index contributed by atoms with van der Waals surface area (Å²) >= 11 is -0.743. The van der Waals surface area contributed by atoms with E-state index < -0.39 is 28.1 Å². The Kier molecular flexibility index (Phi) is 6.02. The molecule has 0 aliphatic rings. The van der Waals surface area contributed by atoms with Gasteiger partial charge in [0.1, 0.15) is 0 Å². The van der Waals surface area contributed by atoms with Crippen molar-refractivity contribution in [2.45, 2.75) is 31.7 Å². The number of hydrogen-bond acceptors (Lipinski definition) is 3. The summed E-state index contributed by atoms with van der Waals surface area (Å²) in [4.78, 5) is 5.23. The second-order valence-corrected chi connectivity index (χ2v) is 8.68. The molecule has 28 heavy (non-hydrogen) atoms. The highest BCUT2D eigenvalue weighted by atomic mass is 32.2. The summed E-state index contributed by atoms with van der Waals surface area (Å²) in [5.74, 6) is 0. The third-order valence-electron chi connectivity index (χ3n) is 4.37. The molecule has 0 spiro atoms. The number of aryl methyl sites for hydroxylation is 2. The summed E-state index contributed by atoms with van der Waals surface area (Å²) in [6.07, 6.45) is -4.10. The Bertz CT molecular complexity index is 980. The lowest BCUT2D eigenvalue weighted by atomic mass is 10.1. The molecule has 1 heterocycles. The monoisotopic (exact) mass is 425 g/mol. The van der Waals surface area contributed by atoms with E-state index in [1.807, 2.05) is 31.2 Å². The zero-order chi connectivity index (χ0) is 20.5. The van der Waals surface area contributed by atoms with Gasteiger partial charge in [0, 0.05) is 6.42 Å². The minimum absolute atomic E-state index is 0.276. The quantitative estimate of drug-likeness (QED) is 0.514. The van der Waals surface area contributed by atoms with Crippen molar-refractivity contribution in [3.8, 4) is 10.4 Å². The van der Waals surface area contributed by atoms with Crippen molar-refractivity contribution in [1.82, 2.24) is 4.98 Å². The fraction of sp³-hybridized carbons (Fsp3) is 0.250. The Labute approximate surface area is 167 Å². The van der Waals surface area contributed by atoms with Gasteiger partial charge in [-0.1, -0.05) is 42.0 Å². The van der Waals surface area contributed by atoms with Crippen molar-refractivity contribution < 1.29 is 21.9 Å². The van der Waals surface area contributed by atoms with Crippen molar-refractivity contribution in [2.24, 2.45) is 0 Å². The number of nitrogens with zero attached hydrogens (tertiary/aromatic N) is 1. The van der Waals surface area contributed by atoms with Crippen LogP contribution in [-0.2, 0) is 23.7 Å². The molecule has 0 saturated heterocycles. The lowest BCUT2D eigenvalue weighted by molar-refractivity contribution is -0.137. The molecular formula is C20H18F3NO2S2. The molecule has 0 bridgehead atoms. The minimum atomic E-state index is -4.38. The smallest absolute Gasteiger partial charge is 0.306 e. The molecule has 0 aliphatic heterocycles. The zero-order valence-electron chi connectivity index (χ0n) is 15.2. The Morgan fingerprint density at radius 3 is 2.21 bits per heavy atom. The van der Waals surface area contributed by atoms with Crippen LogP contribution in [0.5, 0.6) is 0 Å². The van der Waals surface area contributed by atoms with Crippen LogP contribution >= 0.6 is 11.3 Å². The summed E-state index contributed by atoms with van der Waals surface area (Å²) in [5, 5.41) is 0.0481. The largest absolute Gasteiger partial charge is 0.416 e. The maximum absolute atomic E-state index is 12.7. The molecule has 0 amide bonds. The number of aromatic nitrogens is 1. The van der Waals surface area contributed by atoms with Gasteiger partial charge in [0.05, 0.1) is 26.4 Å².